The molecule has 5 nitrogen and oxygen atoms in total. The van der Waals surface area contributed by atoms with Crippen LogP contribution in [-0.2, 0) is 0 Å². The first-order valence-corrected chi connectivity index (χ1v) is 31.9. The minimum absolute atomic E-state index is 0.0439. The Morgan fingerprint density at radius 1 is 0.258 bits per heavy atom. The fourth-order valence-electron chi connectivity index (χ4n) is 15.9. The Balaban J connectivity index is 1.04. The highest BCUT2D eigenvalue weighted by molar-refractivity contribution is 7.05. The van der Waals surface area contributed by atoms with Crippen molar-refractivity contribution in [2.45, 2.75) is 59.3 Å². The van der Waals surface area contributed by atoms with Crippen LogP contribution in [0, 0.1) is 0 Å². The summed E-state index contributed by atoms with van der Waals surface area (Å²) in [5.41, 5.74) is 33.7. The number of rotatable bonds is 10. The third kappa shape index (κ3) is 8.05. The quantitative estimate of drug-likeness (QED) is 0.127. The van der Waals surface area contributed by atoms with Crippen LogP contribution >= 0.6 is 0 Å². The van der Waals surface area contributed by atoms with E-state index in [2.05, 4.69) is 339 Å². The molecule has 0 spiro atoms. The van der Waals surface area contributed by atoms with E-state index in [0.29, 0.717) is 5.92 Å². The Bertz CT molecular complexity index is 4700. The second-order valence-electron chi connectivity index (χ2n) is 25.7. The zero-order chi connectivity index (χ0) is 59.8. The molecule has 0 aromatic heterocycles. The maximum Gasteiger partial charge on any atom is 0.252 e. The normalized spacial score (nSPS) is 13.7. The summed E-state index contributed by atoms with van der Waals surface area (Å²) < 4.78 is 0. The molecule has 8 heteroatoms. The molecule has 17 rings (SSSR count). The van der Waals surface area contributed by atoms with Gasteiger partial charge < -0.3 is 24.5 Å². The van der Waals surface area contributed by atoms with Gasteiger partial charge in [0.2, 0.25) is 6.71 Å². The van der Waals surface area contributed by atoms with E-state index in [-0.39, 0.29) is 32.0 Å². The van der Waals surface area contributed by atoms with Gasteiger partial charge in [0.1, 0.15) is 0 Å². The Morgan fingerprint density at radius 3 is 1.06 bits per heavy atom. The van der Waals surface area contributed by atoms with Crippen LogP contribution in [0.5, 0.6) is 0 Å². The number of fused-ring (bicyclic) bond motifs is 12. The number of hydrogen-bond donors (Lipinski definition) is 0. The van der Waals surface area contributed by atoms with Crippen LogP contribution in [0.2, 0.25) is 0 Å². The van der Waals surface area contributed by atoms with Crippen molar-refractivity contribution < 1.29 is 0 Å². The maximum atomic E-state index is 2.70. The lowest BCUT2D eigenvalue weighted by Gasteiger charge is -2.51. The summed E-state index contributed by atoms with van der Waals surface area (Å²) >= 11 is 0. The molecule has 89 heavy (non-hydrogen) atoms. The van der Waals surface area contributed by atoms with Crippen LogP contribution < -0.4 is 73.7 Å². The molecule has 0 amide bonds. The second kappa shape index (κ2) is 20.7. The first-order valence-electron chi connectivity index (χ1n) is 31.9. The smallest absolute Gasteiger partial charge is 0.252 e. The molecule has 0 radical (unpaired) electrons. The molecule has 0 atom stereocenters. The standard InChI is InChI=1S/C81H66B3N5/c1-52(2)55-46-62(53(3)4)78(63(47-55)54(5)6)83-65-39-23-25-41-70(65)86(58-32-16-9-17-33-58)74-50-75-69(49-68(74)83)84-67-45-44-61(85(56-28-12-7-13-29-56)57-30-14-8-15-31-57)48-73(67)89-72-43-27-24-40-66(72)82-64-38-22-26-42-71(64)87(59-34-18-10-19-35-59)76-51-77(80(84)81(89)79(76)82)88(75)60-36-20-11-21-37-60/h7-54H,1-6H3. The maximum absolute atomic E-state index is 2.70. The van der Waals surface area contributed by atoms with Gasteiger partial charge in [0.25, 0.3) is 13.4 Å². The Labute approximate surface area is 525 Å². The van der Waals surface area contributed by atoms with E-state index in [9.17, 15) is 0 Å². The fraction of sp³-hybridized carbons (Fsp3) is 0.111. The Hall–Kier alpha value is -10.2. The number of para-hydroxylation sites is 8. The van der Waals surface area contributed by atoms with Gasteiger partial charge in [-0.2, -0.15) is 0 Å². The molecule has 0 saturated carbocycles. The van der Waals surface area contributed by atoms with Crippen molar-refractivity contribution in [3.05, 3.63) is 290 Å². The van der Waals surface area contributed by atoms with E-state index < -0.39 is 0 Å². The van der Waals surface area contributed by atoms with Crippen molar-refractivity contribution in [2.24, 2.45) is 0 Å². The average molecular weight is 1140 g/mol. The van der Waals surface area contributed by atoms with Gasteiger partial charge in [-0.25, -0.2) is 0 Å². The van der Waals surface area contributed by atoms with Gasteiger partial charge in [0, 0.05) is 85.3 Å². The predicted molar refractivity (Wildman–Crippen MR) is 383 cm³/mol. The van der Waals surface area contributed by atoms with Crippen molar-refractivity contribution in [1.82, 2.24) is 0 Å². The number of hydrogen-bond acceptors (Lipinski definition) is 5. The molecule has 5 aliphatic rings. The summed E-state index contributed by atoms with van der Waals surface area (Å²) in [6, 6.07) is 103. The van der Waals surface area contributed by atoms with E-state index in [0.717, 1.165) is 34.1 Å². The van der Waals surface area contributed by atoms with Crippen LogP contribution in [0.1, 0.15) is 76.0 Å². The largest absolute Gasteiger partial charge is 0.312 e. The molecular weight excluding hydrogens is 1080 g/mol. The molecule has 0 aliphatic carbocycles. The zero-order valence-corrected chi connectivity index (χ0v) is 51.2. The number of anilines is 15. The van der Waals surface area contributed by atoms with E-state index >= 15 is 0 Å². The summed E-state index contributed by atoms with van der Waals surface area (Å²) in [7, 11) is 0. The first-order chi connectivity index (χ1) is 43.7. The van der Waals surface area contributed by atoms with E-state index in [1.807, 2.05) is 0 Å². The van der Waals surface area contributed by atoms with Crippen LogP contribution in [0.4, 0.5) is 85.3 Å². The Kier molecular flexibility index (Phi) is 12.4. The SMILES string of the molecule is CC(C)c1cc(C(C)C)c(B2c3ccccc3N(c3ccccc3)c3cc4c(cc32)B2c3ccc(N(c5ccccc5)c5ccccc5)cc3N3c5ccccc5B5c6ccccc6N(c6ccccc6)c6cc(c2c3c65)N4c2ccccc2)c(C(C)C)c1. The summed E-state index contributed by atoms with van der Waals surface area (Å²) in [6.45, 7) is 14.0. The van der Waals surface area contributed by atoms with Crippen LogP contribution in [0.3, 0.4) is 0 Å². The van der Waals surface area contributed by atoms with E-state index in [1.165, 1.54) is 117 Å². The average Bonchev–Trinajstić information content (AvgIpc) is 0.686. The molecule has 5 heterocycles. The van der Waals surface area contributed by atoms with Crippen molar-refractivity contribution >= 4 is 155 Å². The summed E-state index contributed by atoms with van der Waals surface area (Å²) in [4.78, 5) is 12.9. The van der Waals surface area contributed by atoms with Gasteiger partial charge in [0.15, 0.2) is 0 Å². The van der Waals surface area contributed by atoms with Gasteiger partial charge in [0.05, 0.1) is 0 Å². The van der Waals surface area contributed by atoms with Crippen molar-refractivity contribution in [1.29, 1.82) is 0 Å². The lowest BCUT2D eigenvalue weighted by Crippen LogP contribution is -2.69. The molecule has 0 unspecified atom stereocenters. The summed E-state index contributed by atoms with van der Waals surface area (Å²) in [6.07, 6.45) is 0. The highest BCUT2D eigenvalue weighted by Crippen LogP contribution is 2.52. The Morgan fingerprint density at radius 2 is 0.607 bits per heavy atom. The van der Waals surface area contributed by atoms with Crippen LogP contribution in [0.15, 0.2) is 273 Å². The fourth-order valence-corrected chi connectivity index (χ4v) is 15.9. The number of benzene rings is 12. The third-order valence-corrected chi connectivity index (χ3v) is 19.7. The molecule has 5 aliphatic heterocycles. The van der Waals surface area contributed by atoms with Crippen molar-refractivity contribution in [3.63, 3.8) is 0 Å². The molecular formula is C81H66B3N5. The van der Waals surface area contributed by atoms with Crippen LogP contribution in [-0.4, -0.2) is 20.1 Å². The summed E-state index contributed by atoms with van der Waals surface area (Å²) in [5, 5.41) is 0. The van der Waals surface area contributed by atoms with Gasteiger partial charge in [-0.15, -0.1) is 0 Å². The topological polar surface area (TPSA) is 16.2 Å². The molecule has 12 aromatic rings. The minimum Gasteiger partial charge on any atom is -0.312 e. The highest BCUT2D eigenvalue weighted by Gasteiger charge is 2.53. The lowest BCUT2D eigenvalue weighted by atomic mass is 9.28. The van der Waals surface area contributed by atoms with Crippen molar-refractivity contribution in [3.8, 4) is 0 Å². The molecule has 0 saturated heterocycles. The third-order valence-electron chi connectivity index (χ3n) is 19.7. The monoisotopic (exact) mass is 1140 g/mol. The molecule has 0 bridgehead atoms. The highest BCUT2D eigenvalue weighted by atomic mass is 15.2. The van der Waals surface area contributed by atoms with Gasteiger partial charge in [-0.05, 0) is 181 Å². The van der Waals surface area contributed by atoms with Gasteiger partial charge >= 0.3 is 0 Å². The minimum atomic E-state index is -0.179. The first kappa shape index (κ1) is 53.1. The van der Waals surface area contributed by atoms with Crippen molar-refractivity contribution in [2.75, 3.05) is 24.5 Å². The zero-order valence-electron chi connectivity index (χ0n) is 51.2. The van der Waals surface area contributed by atoms with Crippen LogP contribution in [0.25, 0.3) is 0 Å². The molecule has 424 valence electrons. The molecule has 0 fully saturated rings. The molecule has 0 N–H and O–H groups in total. The summed E-state index contributed by atoms with van der Waals surface area (Å²) in [5.74, 6) is 0.962. The number of nitrogens with zero attached hydrogens (tertiary/aromatic N) is 5. The lowest BCUT2D eigenvalue weighted by molar-refractivity contribution is 0.812. The van der Waals surface area contributed by atoms with Gasteiger partial charge in [-0.1, -0.05) is 217 Å². The second-order valence-corrected chi connectivity index (χ2v) is 25.7. The molecule has 12 aromatic carbocycles. The van der Waals surface area contributed by atoms with Gasteiger partial charge in [-0.3, -0.25) is 0 Å². The predicted octanol–water partition coefficient (Wildman–Crippen LogP) is 15.5. The van der Waals surface area contributed by atoms with E-state index in [1.54, 1.807) is 0 Å². The van der Waals surface area contributed by atoms with E-state index in [4.69, 9.17) is 0 Å².